The molecule has 0 aliphatic carbocycles. The van der Waals surface area contributed by atoms with Crippen LogP contribution < -0.4 is 9.47 Å². The van der Waals surface area contributed by atoms with Gasteiger partial charge in [0, 0.05) is 29.6 Å². The van der Waals surface area contributed by atoms with E-state index in [9.17, 15) is 0 Å². The van der Waals surface area contributed by atoms with Crippen molar-refractivity contribution < 1.29 is 9.47 Å². The van der Waals surface area contributed by atoms with E-state index in [1.165, 1.54) is 0 Å². The smallest absolute Gasteiger partial charge is 0.130 e. The fraction of sp³-hybridized carbons (Fsp3) is 0.353. The van der Waals surface area contributed by atoms with Gasteiger partial charge in [0.05, 0.1) is 18.2 Å². The van der Waals surface area contributed by atoms with Crippen molar-refractivity contribution in [1.82, 2.24) is 4.98 Å². The molecule has 2 aromatic rings. The van der Waals surface area contributed by atoms with Crippen LogP contribution in [0.1, 0.15) is 26.7 Å². The highest BCUT2D eigenvalue weighted by Crippen LogP contribution is 2.34. The lowest BCUT2D eigenvalue weighted by atomic mass is 10.1. The number of ether oxygens (including phenoxy) is 2. The van der Waals surface area contributed by atoms with Crippen molar-refractivity contribution in [2.75, 3.05) is 13.2 Å². The third-order valence-electron chi connectivity index (χ3n) is 2.90. The van der Waals surface area contributed by atoms with Gasteiger partial charge in [0.15, 0.2) is 0 Å². The average Bonchev–Trinajstić information content (AvgIpc) is 2.51. The summed E-state index contributed by atoms with van der Waals surface area (Å²) >= 11 is 6.02. The van der Waals surface area contributed by atoms with Gasteiger partial charge in [-0.05, 0) is 31.0 Å². The summed E-state index contributed by atoms with van der Waals surface area (Å²) in [6.07, 6.45) is 5.33. The largest absolute Gasteiger partial charge is 0.493 e. The van der Waals surface area contributed by atoms with E-state index >= 15 is 0 Å². The molecule has 0 unspecified atom stereocenters. The first-order chi connectivity index (χ1) is 10.2. The number of pyridine rings is 1. The van der Waals surface area contributed by atoms with E-state index in [1.807, 2.05) is 24.3 Å². The van der Waals surface area contributed by atoms with Crippen molar-refractivity contribution in [3.05, 3.63) is 41.7 Å². The van der Waals surface area contributed by atoms with Gasteiger partial charge >= 0.3 is 0 Å². The highest BCUT2D eigenvalue weighted by molar-refractivity contribution is 6.30. The average molecular weight is 306 g/mol. The minimum absolute atomic E-state index is 0.611. The predicted octanol–water partition coefficient (Wildman–Crippen LogP) is 4.98. The minimum atomic E-state index is 0.611. The molecule has 1 aromatic carbocycles. The molecule has 0 bridgehead atoms. The van der Waals surface area contributed by atoms with Crippen molar-refractivity contribution in [2.24, 2.45) is 0 Å². The van der Waals surface area contributed by atoms with Gasteiger partial charge in [-0.3, -0.25) is 4.98 Å². The van der Waals surface area contributed by atoms with Gasteiger partial charge in [-0.15, -0.1) is 0 Å². The second-order valence-electron chi connectivity index (χ2n) is 4.75. The summed E-state index contributed by atoms with van der Waals surface area (Å²) in [5.74, 6) is 1.62. The third-order valence-corrected chi connectivity index (χ3v) is 3.11. The lowest BCUT2D eigenvalue weighted by molar-refractivity contribution is 0.302. The summed E-state index contributed by atoms with van der Waals surface area (Å²) in [6, 6.07) is 7.75. The molecule has 4 heteroatoms. The van der Waals surface area contributed by atoms with Crippen LogP contribution in [0, 0.1) is 0 Å². The molecule has 112 valence electrons. The van der Waals surface area contributed by atoms with Gasteiger partial charge in [0.1, 0.15) is 11.5 Å². The van der Waals surface area contributed by atoms with Crippen LogP contribution in [0.4, 0.5) is 0 Å². The molecule has 0 aliphatic heterocycles. The van der Waals surface area contributed by atoms with Crippen LogP contribution in [0.15, 0.2) is 36.7 Å². The lowest BCUT2D eigenvalue weighted by Gasteiger charge is -2.13. The highest BCUT2D eigenvalue weighted by Gasteiger charge is 2.09. The molecule has 0 fully saturated rings. The Kier molecular flexibility index (Phi) is 5.88. The molecule has 1 heterocycles. The molecule has 0 saturated carbocycles. The maximum atomic E-state index is 6.02. The third kappa shape index (κ3) is 4.36. The first-order valence-electron chi connectivity index (χ1n) is 7.25. The van der Waals surface area contributed by atoms with Gasteiger partial charge in [-0.1, -0.05) is 25.4 Å². The Morgan fingerprint density at radius 1 is 1.00 bits per heavy atom. The Hall–Kier alpha value is -1.74. The van der Waals surface area contributed by atoms with Gasteiger partial charge < -0.3 is 9.47 Å². The first kappa shape index (κ1) is 15.6. The topological polar surface area (TPSA) is 31.4 Å². The molecule has 21 heavy (non-hydrogen) atoms. The van der Waals surface area contributed by atoms with E-state index in [-0.39, 0.29) is 0 Å². The maximum Gasteiger partial charge on any atom is 0.130 e. The van der Waals surface area contributed by atoms with Crippen molar-refractivity contribution in [2.45, 2.75) is 26.7 Å². The van der Waals surface area contributed by atoms with Crippen LogP contribution in [0.5, 0.6) is 11.5 Å². The zero-order valence-corrected chi connectivity index (χ0v) is 13.2. The molecule has 3 nitrogen and oxygen atoms in total. The summed E-state index contributed by atoms with van der Waals surface area (Å²) in [5.41, 5.74) is 1.91. The number of benzene rings is 1. The quantitative estimate of drug-likeness (QED) is 0.723. The Bertz CT molecular complexity index is 587. The standard InChI is InChI=1S/C17H20ClNO2/c1-3-7-20-15-5-6-16(17(10-15)21-8-4-2)13-9-14(18)12-19-11-13/h5-6,9-12H,3-4,7-8H2,1-2H3. The molecule has 0 aliphatic rings. The van der Waals surface area contributed by atoms with Crippen LogP contribution in [0.3, 0.4) is 0 Å². The van der Waals surface area contributed by atoms with E-state index < -0.39 is 0 Å². The Balaban J connectivity index is 2.34. The Labute approximate surface area is 130 Å². The van der Waals surface area contributed by atoms with E-state index in [0.29, 0.717) is 18.2 Å². The molecule has 0 amide bonds. The fourth-order valence-corrected chi connectivity index (χ4v) is 2.12. The fourth-order valence-electron chi connectivity index (χ4n) is 1.94. The molecule has 0 atom stereocenters. The normalized spacial score (nSPS) is 10.4. The molecular weight excluding hydrogens is 286 g/mol. The molecular formula is C17H20ClNO2. The lowest BCUT2D eigenvalue weighted by Crippen LogP contribution is -1.99. The van der Waals surface area contributed by atoms with E-state index in [0.717, 1.165) is 35.5 Å². The van der Waals surface area contributed by atoms with Gasteiger partial charge in [0.25, 0.3) is 0 Å². The summed E-state index contributed by atoms with van der Waals surface area (Å²) < 4.78 is 11.5. The van der Waals surface area contributed by atoms with Gasteiger partial charge in [-0.25, -0.2) is 0 Å². The molecule has 1 aromatic heterocycles. The zero-order chi connectivity index (χ0) is 15.1. The summed E-state index contributed by atoms with van der Waals surface area (Å²) in [5, 5.41) is 0.611. The van der Waals surface area contributed by atoms with Crippen LogP contribution >= 0.6 is 11.6 Å². The number of rotatable bonds is 7. The van der Waals surface area contributed by atoms with Gasteiger partial charge in [0.2, 0.25) is 0 Å². The van der Waals surface area contributed by atoms with Crippen molar-refractivity contribution in [1.29, 1.82) is 0 Å². The SMILES string of the molecule is CCCOc1ccc(-c2cncc(Cl)c2)c(OCCC)c1. The first-order valence-corrected chi connectivity index (χ1v) is 7.63. The number of hydrogen-bond donors (Lipinski definition) is 0. The zero-order valence-electron chi connectivity index (χ0n) is 12.4. The number of aromatic nitrogens is 1. The monoisotopic (exact) mass is 305 g/mol. The van der Waals surface area contributed by atoms with Gasteiger partial charge in [-0.2, -0.15) is 0 Å². The Morgan fingerprint density at radius 3 is 2.48 bits per heavy atom. The second-order valence-corrected chi connectivity index (χ2v) is 5.18. The molecule has 0 N–H and O–H groups in total. The van der Waals surface area contributed by atoms with Crippen LogP contribution in [-0.2, 0) is 0 Å². The van der Waals surface area contributed by atoms with Crippen molar-refractivity contribution in [3.8, 4) is 22.6 Å². The summed E-state index contributed by atoms with van der Waals surface area (Å²) in [4.78, 5) is 4.14. The number of nitrogens with zero attached hydrogens (tertiary/aromatic N) is 1. The van der Waals surface area contributed by atoms with E-state index in [1.54, 1.807) is 12.4 Å². The number of hydrogen-bond acceptors (Lipinski definition) is 3. The van der Waals surface area contributed by atoms with Crippen molar-refractivity contribution >= 4 is 11.6 Å². The number of halogens is 1. The van der Waals surface area contributed by atoms with Crippen molar-refractivity contribution in [3.63, 3.8) is 0 Å². The van der Waals surface area contributed by atoms with E-state index in [2.05, 4.69) is 18.8 Å². The highest BCUT2D eigenvalue weighted by atomic mass is 35.5. The minimum Gasteiger partial charge on any atom is -0.493 e. The second kappa shape index (κ2) is 7.89. The molecule has 0 saturated heterocycles. The van der Waals surface area contributed by atoms with E-state index in [4.69, 9.17) is 21.1 Å². The maximum absolute atomic E-state index is 6.02. The molecule has 0 spiro atoms. The van der Waals surface area contributed by atoms with Crippen LogP contribution in [0.2, 0.25) is 5.02 Å². The van der Waals surface area contributed by atoms with Crippen LogP contribution in [0.25, 0.3) is 11.1 Å². The molecule has 2 rings (SSSR count). The summed E-state index contributed by atoms with van der Waals surface area (Å²) in [7, 11) is 0. The summed E-state index contributed by atoms with van der Waals surface area (Å²) in [6.45, 7) is 5.53. The molecule has 0 radical (unpaired) electrons. The predicted molar refractivity (Wildman–Crippen MR) is 86.3 cm³/mol. The Morgan fingerprint density at radius 2 is 1.76 bits per heavy atom. The van der Waals surface area contributed by atoms with Crippen LogP contribution in [-0.4, -0.2) is 18.2 Å².